The van der Waals surface area contributed by atoms with Crippen molar-refractivity contribution in [2.75, 3.05) is 13.2 Å². The first-order chi connectivity index (χ1) is 16.6. The van der Waals surface area contributed by atoms with Crippen LogP contribution in [0.3, 0.4) is 0 Å². The van der Waals surface area contributed by atoms with Crippen molar-refractivity contribution in [3.63, 3.8) is 0 Å². The number of benzene rings is 1. The average Bonchev–Trinajstić information content (AvgIpc) is 2.85. The lowest BCUT2D eigenvalue weighted by molar-refractivity contribution is -0.232. The molecule has 4 N–H and O–H groups in total. The Morgan fingerprint density at radius 2 is 1.24 bits per heavy atom. The van der Waals surface area contributed by atoms with E-state index in [4.69, 9.17) is 9.47 Å². The zero-order chi connectivity index (χ0) is 24.6. The molecule has 6 heteroatoms. The molecule has 2 rings (SSSR count). The minimum atomic E-state index is -1.39. The molecule has 1 aromatic carbocycles. The normalized spacial score (nSPS) is 24.9. The zero-order valence-electron chi connectivity index (χ0n) is 21.1. The number of ether oxygens (including phenoxy) is 2. The van der Waals surface area contributed by atoms with Crippen molar-refractivity contribution < 1.29 is 29.9 Å². The van der Waals surface area contributed by atoms with E-state index in [1.165, 1.54) is 77.0 Å². The van der Waals surface area contributed by atoms with Crippen molar-refractivity contribution in [3.8, 4) is 5.75 Å². The van der Waals surface area contributed by atoms with Gasteiger partial charge in [0.2, 0.25) is 0 Å². The van der Waals surface area contributed by atoms with E-state index in [1.807, 2.05) is 18.2 Å². The van der Waals surface area contributed by atoms with E-state index in [1.54, 1.807) is 6.07 Å². The van der Waals surface area contributed by atoms with Gasteiger partial charge in [-0.15, -0.1) is 0 Å². The lowest BCUT2D eigenvalue weighted by Gasteiger charge is -2.40. The molecular formula is C28H48O6. The van der Waals surface area contributed by atoms with Crippen LogP contribution in [0.25, 0.3) is 0 Å². The van der Waals surface area contributed by atoms with Crippen molar-refractivity contribution in [3.05, 3.63) is 29.8 Å². The van der Waals surface area contributed by atoms with Gasteiger partial charge in [-0.05, 0) is 12.5 Å². The van der Waals surface area contributed by atoms with Gasteiger partial charge in [-0.2, -0.15) is 0 Å². The number of hydrogen-bond acceptors (Lipinski definition) is 6. The smallest absolute Gasteiger partial charge is 0.125 e. The van der Waals surface area contributed by atoms with Gasteiger partial charge in [-0.1, -0.05) is 109 Å². The zero-order valence-corrected chi connectivity index (χ0v) is 21.1. The van der Waals surface area contributed by atoms with Crippen molar-refractivity contribution in [2.24, 2.45) is 0 Å². The number of para-hydroxylation sites is 1. The highest BCUT2D eigenvalue weighted by atomic mass is 16.5. The molecule has 0 amide bonds. The van der Waals surface area contributed by atoms with E-state index in [-0.39, 0.29) is 0 Å². The Kier molecular flexibility index (Phi) is 14.8. The Bertz CT molecular complexity index is 637. The van der Waals surface area contributed by atoms with Crippen LogP contribution in [0.1, 0.15) is 108 Å². The second-order valence-corrected chi connectivity index (χ2v) is 9.73. The summed E-state index contributed by atoms with van der Waals surface area (Å²) in [5, 5.41) is 40.0. The van der Waals surface area contributed by atoms with Crippen molar-refractivity contribution in [1.82, 2.24) is 0 Å². The molecule has 1 heterocycles. The topological polar surface area (TPSA) is 99.4 Å². The third-order valence-electron chi connectivity index (χ3n) is 6.87. The van der Waals surface area contributed by atoms with Gasteiger partial charge in [-0.3, -0.25) is 0 Å². The highest BCUT2D eigenvalue weighted by Gasteiger charge is 2.44. The third kappa shape index (κ3) is 9.82. The first kappa shape index (κ1) is 29.1. The maximum Gasteiger partial charge on any atom is 0.125 e. The van der Waals surface area contributed by atoms with Crippen LogP contribution in [0, 0.1) is 0 Å². The molecule has 0 aliphatic carbocycles. The molecule has 6 nitrogen and oxygen atoms in total. The molecule has 1 aliphatic rings. The largest absolute Gasteiger partial charge is 0.493 e. The Morgan fingerprint density at radius 1 is 0.706 bits per heavy atom. The number of aliphatic hydroxyl groups is 4. The molecule has 1 fully saturated rings. The predicted molar refractivity (Wildman–Crippen MR) is 135 cm³/mol. The van der Waals surface area contributed by atoms with Crippen LogP contribution in [-0.4, -0.2) is 58.1 Å². The number of rotatable bonds is 18. The minimum absolute atomic E-state index is 0.441. The quantitative estimate of drug-likeness (QED) is 0.219. The van der Waals surface area contributed by atoms with E-state index in [2.05, 4.69) is 6.92 Å². The number of unbranched alkanes of at least 4 members (excludes halogenated alkanes) is 13. The van der Waals surface area contributed by atoms with Crippen molar-refractivity contribution >= 4 is 0 Å². The van der Waals surface area contributed by atoms with Crippen LogP contribution < -0.4 is 4.74 Å². The van der Waals surface area contributed by atoms with E-state index in [9.17, 15) is 20.4 Å². The summed E-state index contributed by atoms with van der Waals surface area (Å²) in [5.74, 6) is 0.599. The molecule has 0 saturated carbocycles. The van der Waals surface area contributed by atoms with E-state index in [0.717, 1.165) is 12.8 Å². The average molecular weight is 481 g/mol. The van der Waals surface area contributed by atoms with Gasteiger partial charge in [0.05, 0.1) is 13.2 Å². The Labute approximate surface area is 206 Å². The second-order valence-electron chi connectivity index (χ2n) is 9.73. The highest BCUT2D eigenvalue weighted by molar-refractivity contribution is 5.36. The van der Waals surface area contributed by atoms with Crippen LogP contribution >= 0.6 is 0 Å². The Hall–Kier alpha value is -1.18. The highest BCUT2D eigenvalue weighted by Crippen LogP contribution is 2.36. The van der Waals surface area contributed by atoms with E-state index in [0.29, 0.717) is 17.9 Å². The lowest BCUT2D eigenvalue weighted by Crippen LogP contribution is -2.55. The fourth-order valence-corrected chi connectivity index (χ4v) is 4.68. The molecule has 0 aromatic heterocycles. The summed E-state index contributed by atoms with van der Waals surface area (Å²) in [6.45, 7) is 2.40. The van der Waals surface area contributed by atoms with Crippen molar-refractivity contribution in [1.29, 1.82) is 0 Å². The maximum atomic E-state index is 10.4. The molecule has 0 radical (unpaired) electrons. The molecule has 1 aromatic rings. The molecule has 0 spiro atoms. The van der Waals surface area contributed by atoms with Crippen LogP contribution in [0.2, 0.25) is 0 Å². The Balaban J connectivity index is 1.59. The standard InChI is InChI=1S/C28H48O6/c1-2-3-4-5-6-7-8-9-10-11-12-13-14-17-20-33-23-19-16-15-18-22(23)28-27(32)26(31)25(30)24(21-29)34-28/h15-16,18-19,24-32H,2-14,17,20-21H2,1H3/t24-,25+,26+,27-,28?/m1/s1. The third-order valence-corrected chi connectivity index (χ3v) is 6.87. The fraction of sp³-hybridized carbons (Fsp3) is 0.786. The van der Waals surface area contributed by atoms with Crippen molar-refractivity contribution in [2.45, 2.75) is 127 Å². The van der Waals surface area contributed by atoms with Crippen LogP contribution in [0.15, 0.2) is 24.3 Å². The molecule has 1 unspecified atom stereocenters. The van der Waals surface area contributed by atoms with Crippen LogP contribution in [-0.2, 0) is 4.74 Å². The van der Waals surface area contributed by atoms with E-state index < -0.39 is 37.1 Å². The Morgan fingerprint density at radius 3 is 1.79 bits per heavy atom. The summed E-state index contributed by atoms with van der Waals surface area (Å²) in [7, 11) is 0. The molecule has 5 atom stereocenters. The van der Waals surface area contributed by atoms with Gasteiger partial charge >= 0.3 is 0 Å². The second kappa shape index (κ2) is 17.3. The van der Waals surface area contributed by atoms with Gasteiger partial charge < -0.3 is 29.9 Å². The number of aliphatic hydroxyl groups excluding tert-OH is 4. The van der Waals surface area contributed by atoms with Gasteiger partial charge in [-0.25, -0.2) is 0 Å². The summed E-state index contributed by atoms with van der Waals surface area (Å²) in [6, 6.07) is 7.28. The van der Waals surface area contributed by atoms with Gasteiger partial charge in [0.1, 0.15) is 36.3 Å². The van der Waals surface area contributed by atoms with Crippen LogP contribution in [0.4, 0.5) is 0 Å². The fourth-order valence-electron chi connectivity index (χ4n) is 4.68. The summed E-state index contributed by atoms with van der Waals surface area (Å²) in [5.41, 5.74) is 0.616. The van der Waals surface area contributed by atoms with Gasteiger partial charge in [0, 0.05) is 5.56 Å². The van der Waals surface area contributed by atoms with Crippen LogP contribution in [0.5, 0.6) is 5.75 Å². The lowest BCUT2D eigenvalue weighted by atomic mass is 9.91. The molecule has 34 heavy (non-hydrogen) atoms. The monoisotopic (exact) mass is 480 g/mol. The molecule has 1 aliphatic heterocycles. The molecule has 1 saturated heterocycles. The van der Waals surface area contributed by atoms with Gasteiger partial charge in [0.15, 0.2) is 0 Å². The molecule has 0 bridgehead atoms. The summed E-state index contributed by atoms with van der Waals surface area (Å²) < 4.78 is 11.7. The molecular weight excluding hydrogens is 432 g/mol. The summed E-state index contributed by atoms with van der Waals surface area (Å²) in [6.07, 6.45) is 12.4. The molecule has 196 valence electrons. The first-order valence-corrected chi connectivity index (χ1v) is 13.6. The number of hydrogen-bond donors (Lipinski definition) is 4. The minimum Gasteiger partial charge on any atom is -0.493 e. The predicted octanol–water partition coefficient (Wildman–Crippen LogP) is 5.06. The maximum absolute atomic E-state index is 10.4. The van der Waals surface area contributed by atoms with Gasteiger partial charge in [0.25, 0.3) is 0 Å². The first-order valence-electron chi connectivity index (χ1n) is 13.6. The van der Waals surface area contributed by atoms with E-state index >= 15 is 0 Å². The SMILES string of the molecule is CCCCCCCCCCCCCCCCOc1ccccc1C1O[C@H](CO)[C@H](O)[C@H](O)[C@H]1O. The summed E-state index contributed by atoms with van der Waals surface area (Å²) in [4.78, 5) is 0. The summed E-state index contributed by atoms with van der Waals surface area (Å²) >= 11 is 0.